The lowest BCUT2D eigenvalue weighted by Crippen LogP contribution is -2.31. The summed E-state index contributed by atoms with van der Waals surface area (Å²) in [4.78, 5) is 15.5. The van der Waals surface area contributed by atoms with Crippen molar-refractivity contribution in [1.29, 1.82) is 0 Å². The first-order valence-corrected chi connectivity index (χ1v) is 17.2. The fourth-order valence-electron chi connectivity index (χ4n) is 8.40. The molecule has 2 aromatic heterocycles. The molecule has 0 N–H and O–H groups in total. The molecule has 0 spiro atoms. The fraction of sp³-hybridized carbons (Fsp3) is 0.178. The smallest absolute Gasteiger partial charge is 0.156 e. The zero-order chi connectivity index (χ0) is 32.2. The van der Waals surface area contributed by atoms with Gasteiger partial charge in [-0.25, -0.2) is 9.97 Å². The third kappa shape index (κ3) is 4.68. The average Bonchev–Trinajstić information content (AvgIpc) is 3.14. The van der Waals surface area contributed by atoms with Gasteiger partial charge in [0.2, 0.25) is 0 Å². The summed E-state index contributed by atoms with van der Waals surface area (Å²) in [6, 6.07) is 37.1. The number of nitrogens with zero attached hydrogens (tertiary/aromatic N) is 3. The molecular weight excluding hydrogens is 583 g/mol. The minimum Gasteiger partial charge on any atom is -0.257 e. The number of fused-ring (bicyclic) bond motifs is 6. The van der Waals surface area contributed by atoms with Crippen molar-refractivity contribution in [2.75, 3.05) is 0 Å². The van der Waals surface area contributed by atoms with Crippen molar-refractivity contribution in [1.82, 2.24) is 15.0 Å². The van der Waals surface area contributed by atoms with E-state index in [1.165, 1.54) is 49.4 Å². The van der Waals surface area contributed by atoms with Crippen LogP contribution in [0.3, 0.4) is 0 Å². The Bertz CT molecular complexity index is 2360. The second-order valence-corrected chi connectivity index (χ2v) is 13.8. The Hall–Kier alpha value is -5.41. The molecule has 48 heavy (non-hydrogen) atoms. The summed E-state index contributed by atoms with van der Waals surface area (Å²) in [6.07, 6.45) is 16.7. The van der Waals surface area contributed by atoms with Crippen LogP contribution >= 0.6 is 0 Å². The van der Waals surface area contributed by atoms with Gasteiger partial charge < -0.3 is 0 Å². The SMILES string of the molecule is CC1CC(c2ccccn2)=CC=C1c1nc(C2=Cc3ccccc3C3CCC=CC23C)cc(-c2cc3ccccc3c3ccccc23)n1. The number of aromatic nitrogens is 3. The second-order valence-electron chi connectivity index (χ2n) is 13.8. The van der Waals surface area contributed by atoms with Crippen LogP contribution in [0.15, 0.2) is 134 Å². The lowest BCUT2D eigenvalue weighted by atomic mass is 9.60. The van der Waals surface area contributed by atoms with Crippen molar-refractivity contribution in [3.63, 3.8) is 0 Å². The summed E-state index contributed by atoms with van der Waals surface area (Å²) in [7, 11) is 0. The van der Waals surface area contributed by atoms with Crippen molar-refractivity contribution in [3.05, 3.63) is 162 Å². The van der Waals surface area contributed by atoms with Gasteiger partial charge in [0.25, 0.3) is 0 Å². The Morgan fingerprint density at radius 1 is 0.729 bits per heavy atom. The molecule has 0 saturated carbocycles. The van der Waals surface area contributed by atoms with E-state index in [4.69, 9.17) is 9.97 Å². The fourth-order valence-corrected chi connectivity index (χ4v) is 8.40. The van der Waals surface area contributed by atoms with E-state index in [0.717, 1.165) is 47.7 Å². The highest BCUT2D eigenvalue weighted by Gasteiger charge is 2.42. The van der Waals surface area contributed by atoms with E-state index in [0.29, 0.717) is 5.92 Å². The van der Waals surface area contributed by atoms with Gasteiger partial charge in [0, 0.05) is 17.2 Å². The molecule has 3 aliphatic carbocycles. The third-order valence-electron chi connectivity index (χ3n) is 10.9. The van der Waals surface area contributed by atoms with Gasteiger partial charge in [-0.15, -0.1) is 0 Å². The summed E-state index contributed by atoms with van der Waals surface area (Å²) >= 11 is 0. The first-order chi connectivity index (χ1) is 23.6. The maximum atomic E-state index is 5.48. The van der Waals surface area contributed by atoms with Crippen LogP contribution < -0.4 is 0 Å². The quantitative estimate of drug-likeness (QED) is 0.146. The van der Waals surface area contributed by atoms with Gasteiger partial charge in [-0.3, -0.25) is 4.98 Å². The van der Waals surface area contributed by atoms with E-state index in [1.807, 2.05) is 12.3 Å². The van der Waals surface area contributed by atoms with Crippen LogP contribution in [-0.2, 0) is 0 Å². The van der Waals surface area contributed by atoms with Crippen LogP contribution in [0, 0.1) is 11.3 Å². The maximum absolute atomic E-state index is 5.48. The van der Waals surface area contributed by atoms with E-state index < -0.39 is 0 Å². The molecule has 0 radical (unpaired) electrons. The zero-order valence-electron chi connectivity index (χ0n) is 27.4. The lowest BCUT2D eigenvalue weighted by molar-refractivity contribution is 0.395. The molecule has 3 atom stereocenters. The molecule has 0 saturated heterocycles. The van der Waals surface area contributed by atoms with Gasteiger partial charge in [0.05, 0.1) is 17.1 Å². The zero-order valence-corrected chi connectivity index (χ0v) is 27.4. The highest BCUT2D eigenvalue weighted by molar-refractivity contribution is 6.13. The summed E-state index contributed by atoms with van der Waals surface area (Å²) in [6.45, 7) is 4.70. The largest absolute Gasteiger partial charge is 0.257 e. The summed E-state index contributed by atoms with van der Waals surface area (Å²) < 4.78 is 0. The molecular formula is C45H37N3. The number of pyridine rings is 1. The highest BCUT2D eigenvalue weighted by Crippen LogP contribution is 2.56. The molecule has 232 valence electrons. The lowest BCUT2D eigenvalue weighted by Gasteiger charge is -2.43. The first-order valence-electron chi connectivity index (χ1n) is 17.2. The van der Waals surface area contributed by atoms with Crippen LogP contribution in [0.5, 0.6) is 0 Å². The molecule has 4 aromatic carbocycles. The second kappa shape index (κ2) is 11.4. The van der Waals surface area contributed by atoms with Crippen molar-refractivity contribution in [3.8, 4) is 11.3 Å². The maximum Gasteiger partial charge on any atom is 0.156 e. The predicted molar refractivity (Wildman–Crippen MR) is 200 cm³/mol. The number of benzene rings is 4. The minimum atomic E-state index is -0.167. The topological polar surface area (TPSA) is 38.7 Å². The number of rotatable bonds is 4. The molecule has 2 heterocycles. The molecule has 3 nitrogen and oxygen atoms in total. The van der Waals surface area contributed by atoms with Gasteiger partial charge >= 0.3 is 0 Å². The van der Waals surface area contributed by atoms with Crippen LogP contribution in [0.4, 0.5) is 0 Å². The molecule has 3 aliphatic rings. The molecule has 3 heteroatoms. The minimum absolute atomic E-state index is 0.167. The molecule has 0 amide bonds. The molecule has 0 fully saturated rings. The molecule has 0 bridgehead atoms. The van der Waals surface area contributed by atoms with Crippen molar-refractivity contribution in [2.24, 2.45) is 11.3 Å². The van der Waals surface area contributed by atoms with Crippen LogP contribution in [0.1, 0.15) is 67.4 Å². The van der Waals surface area contributed by atoms with Crippen LogP contribution in [0.25, 0.3) is 55.6 Å². The molecule has 3 unspecified atom stereocenters. The van der Waals surface area contributed by atoms with Crippen LogP contribution in [0.2, 0.25) is 0 Å². The molecule has 9 rings (SSSR count). The van der Waals surface area contributed by atoms with Crippen LogP contribution in [-0.4, -0.2) is 15.0 Å². The highest BCUT2D eigenvalue weighted by atomic mass is 14.9. The Morgan fingerprint density at radius 2 is 1.50 bits per heavy atom. The molecule has 6 aromatic rings. The number of hydrogen-bond donors (Lipinski definition) is 0. The summed E-state index contributed by atoms with van der Waals surface area (Å²) in [5.74, 6) is 1.45. The standard InChI is InChI=1S/C45H37N3/c1-29-25-32(41-20-10-12-24-46-41)21-22-33(29)44-47-42(38-26-30-13-3-5-15-34(30)36-17-7-8-18-37(36)38)28-43(48-44)40-27-31-14-4-6-16-35(31)39-19-9-11-23-45(39,40)2/h3-8,10-18,20-24,26-29,39H,9,19,25H2,1-2H3. The van der Waals surface area contributed by atoms with Crippen molar-refractivity contribution in [2.45, 2.75) is 39.0 Å². The van der Waals surface area contributed by atoms with E-state index in [2.05, 4.69) is 146 Å². The predicted octanol–water partition coefficient (Wildman–Crippen LogP) is 11.3. The number of allylic oxidation sites excluding steroid dienone is 7. The average molecular weight is 620 g/mol. The van der Waals surface area contributed by atoms with Crippen molar-refractivity contribution >= 4 is 44.3 Å². The van der Waals surface area contributed by atoms with Gasteiger partial charge in [-0.05, 0) is 111 Å². The first kappa shape index (κ1) is 28.8. The van der Waals surface area contributed by atoms with E-state index in [-0.39, 0.29) is 11.3 Å². The monoisotopic (exact) mass is 619 g/mol. The number of hydrogen-bond acceptors (Lipinski definition) is 3. The van der Waals surface area contributed by atoms with E-state index >= 15 is 0 Å². The van der Waals surface area contributed by atoms with Gasteiger partial charge in [0.1, 0.15) is 0 Å². The molecule has 0 aliphatic heterocycles. The Labute approximate surface area is 282 Å². The Balaban J connectivity index is 1.30. The van der Waals surface area contributed by atoms with E-state index in [9.17, 15) is 0 Å². The third-order valence-corrected chi connectivity index (χ3v) is 10.9. The van der Waals surface area contributed by atoms with Gasteiger partial charge in [0.15, 0.2) is 5.82 Å². The normalized spacial score (nSPS) is 21.7. The van der Waals surface area contributed by atoms with Gasteiger partial charge in [-0.2, -0.15) is 0 Å². The van der Waals surface area contributed by atoms with Crippen molar-refractivity contribution < 1.29 is 0 Å². The summed E-state index contributed by atoms with van der Waals surface area (Å²) in [5, 5.41) is 4.93. The summed E-state index contributed by atoms with van der Waals surface area (Å²) in [5.41, 5.74) is 10.4. The Morgan fingerprint density at radius 3 is 2.35 bits per heavy atom. The van der Waals surface area contributed by atoms with E-state index in [1.54, 1.807) is 0 Å². The van der Waals surface area contributed by atoms with Gasteiger partial charge in [-0.1, -0.05) is 117 Å². The Kier molecular flexibility index (Phi) is 6.83.